The predicted molar refractivity (Wildman–Crippen MR) is 100.0 cm³/mol. The summed E-state index contributed by atoms with van der Waals surface area (Å²) in [5, 5.41) is 15.9. The van der Waals surface area contributed by atoms with Gasteiger partial charge in [0.2, 0.25) is 5.91 Å². The van der Waals surface area contributed by atoms with Crippen LogP contribution in [0.3, 0.4) is 0 Å². The number of Topliss-reactive ketones (excluding diaryl/α,β-unsaturated/α-hetero) is 1. The van der Waals surface area contributed by atoms with Gasteiger partial charge < -0.3 is 10.6 Å². The summed E-state index contributed by atoms with van der Waals surface area (Å²) in [5.74, 6) is -1.25. The van der Waals surface area contributed by atoms with Crippen LogP contribution >= 0.6 is 0 Å². The summed E-state index contributed by atoms with van der Waals surface area (Å²) in [4.78, 5) is 45.8. The molecule has 2 aromatic rings. The molecule has 0 radical (unpaired) electrons. The number of anilines is 1. The molecule has 0 saturated heterocycles. The lowest BCUT2D eigenvalue weighted by molar-refractivity contribution is -0.384. The summed E-state index contributed by atoms with van der Waals surface area (Å²) < 4.78 is 0. The summed E-state index contributed by atoms with van der Waals surface area (Å²) in [7, 11) is 0. The molecule has 138 valence electrons. The number of nitro benzene ring substituents is 1. The average molecular weight is 367 g/mol. The van der Waals surface area contributed by atoms with Crippen LogP contribution in [0.25, 0.3) is 6.08 Å². The van der Waals surface area contributed by atoms with Crippen molar-refractivity contribution in [3.05, 3.63) is 75.5 Å². The first-order valence-electron chi connectivity index (χ1n) is 7.92. The summed E-state index contributed by atoms with van der Waals surface area (Å²) in [5.41, 5.74) is 0.955. The number of non-ortho nitro benzene ring substituents is 1. The number of nitrogens with one attached hydrogen (secondary N) is 2. The summed E-state index contributed by atoms with van der Waals surface area (Å²) in [6.07, 6.45) is 1.33. The molecule has 2 aromatic carbocycles. The molecular formula is C19H17N3O5. The number of hydrogen-bond donors (Lipinski definition) is 2. The van der Waals surface area contributed by atoms with Crippen molar-refractivity contribution < 1.29 is 19.3 Å². The van der Waals surface area contributed by atoms with Crippen LogP contribution < -0.4 is 10.6 Å². The SMILES string of the molecule is CC(=O)NC(=Cc1cccc([N+](=O)[O-])c1)C(=O)Nc1cccc(C(C)=O)c1. The first-order valence-corrected chi connectivity index (χ1v) is 7.92. The molecule has 0 atom stereocenters. The Kier molecular flexibility index (Phi) is 6.16. The van der Waals surface area contributed by atoms with Crippen LogP contribution in [0, 0.1) is 10.1 Å². The van der Waals surface area contributed by atoms with Crippen molar-refractivity contribution in [2.45, 2.75) is 13.8 Å². The molecule has 8 heteroatoms. The van der Waals surface area contributed by atoms with Gasteiger partial charge in [-0.05, 0) is 30.7 Å². The van der Waals surface area contributed by atoms with Gasteiger partial charge in [0, 0.05) is 30.3 Å². The fourth-order valence-corrected chi connectivity index (χ4v) is 2.26. The Labute approximate surface area is 155 Å². The molecule has 2 amide bonds. The van der Waals surface area contributed by atoms with E-state index in [9.17, 15) is 24.5 Å². The molecule has 0 aromatic heterocycles. The minimum Gasteiger partial charge on any atom is -0.322 e. The van der Waals surface area contributed by atoms with E-state index >= 15 is 0 Å². The lowest BCUT2D eigenvalue weighted by atomic mass is 10.1. The van der Waals surface area contributed by atoms with E-state index in [1.54, 1.807) is 24.3 Å². The van der Waals surface area contributed by atoms with Crippen molar-refractivity contribution in [3.63, 3.8) is 0 Å². The Balaban J connectivity index is 2.32. The fraction of sp³-hybridized carbons (Fsp3) is 0.105. The fourth-order valence-electron chi connectivity index (χ4n) is 2.26. The standard InChI is InChI=1S/C19H17N3O5/c1-12(23)15-6-4-7-16(11-15)21-19(25)18(20-13(2)24)10-14-5-3-8-17(9-14)22(26)27/h3-11H,1-2H3,(H,20,24)(H,21,25). The molecule has 0 heterocycles. The van der Waals surface area contributed by atoms with E-state index < -0.39 is 16.7 Å². The van der Waals surface area contributed by atoms with Crippen molar-refractivity contribution in [2.75, 3.05) is 5.32 Å². The molecule has 2 rings (SSSR count). The van der Waals surface area contributed by atoms with Crippen LogP contribution in [0.1, 0.15) is 29.8 Å². The molecule has 0 aliphatic carbocycles. The normalized spacial score (nSPS) is 10.8. The highest BCUT2D eigenvalue weighted by molar-refractivity contribution is 6.09. The highest BCUT2D eigenvalue weighted by atomic mass is 16.6. The summed E-state index contributed by atoms with van der Waals surface area (Å²) in [6.45, 7) is 2.65. The van der Waals surface area contributed by atoms with Gasteiger partial charge in [0.1, 0.15) is 5.70 Å². The number of nitrogens with zero attached hydrogens (tertiary/aromatic N) is 1. The zero-order valence-corrected chi connectivity index (χ0v) is 14.7. The molecule has 0 fully saturated rings. The Morgan fingerprint density at radius 3 is 2.37 bits per heavy atom. The Morgan fingerprint density at radius 2 is 1.74 bits per heavy atom. The number of carbonyl (C=O) groups is 3. The van der Waals surface area contributed by atoms with E-state index in [1.165, 1.54) is 44.2 Å². The third kappa shape index (κ3) is 5.60. The second kappa shape index (κ2) is 8.52. The largest absolute Gasteiger partial charge is 0.322 e. The third-order valence-electron chi connectivity index (χ3n) is 3.47. The van der Waals surface area contributed by atoms with E-state index in [1.807, 2.05) is 0 Å². The highest BCUT2D eigenvalue weighted by Crippen LogP contribution is 2.17. The first kappa shape index (κ1) is 19.5. The van der Waals surface area contributed by atoms with Crippen LogP contribution in [-0.2, 0) is 9.59 Å². The first-order chi connectivity index (χ1) is 12.8. The Hall–Kier alpha value is -3.81. The molecule has 0 aliphatic rings. The van der Waals surface area contributed by atoms with Gasteiger partial charge in [-0.3, -0.25) is 24.5 Å². The predicted octanol–water partition coefficient (Wildman–Crippen LogP) is 2.91. The lowest BCUT2D eigenvalue weighted by Gasteiger charge is -2.10. The number of carbonyl (C=O) groups excluding carboxylic acids is 3. The van der Waals surface area contributed by atoms with Crippen LogP contribution in [0.2, 0.25) is 0 Å². The van der Waals surface area contributed by atoms with Crippen LogP contribution in [0.5, 0.6) is 0 Å². The maximum Gasteiger partial charge on any atom is 0.272 e. The molecule has 0 bridgehead atoms. The summed E-state index contributed by atoms with van der Waals surface area (Å²) >= 11 is 0. The molecule has 0 spiro atoms. The Bertz CT molecular complexity index is 950. The van der Waals surface area contributed by atoms with Gasteiger partial charge in [-0.15, -0.1) is 0 Å². The highest BCUT2D eigenvalue weighted by Gasteiger charge is 2.13. The number of hydrogen-bond acceptors (Lipinski definition) is 5. The minimum atomic E-state index is -0.627. The molecule has 0 saturated carbocycles. The second-order valence-electron chi connectivity index (χ2n) is 5.68. The molecule has 27 heavy (non-hydrogen) atoms. The van der Waals surface area contributed by atoms with E-state index in [0.29, 0.717) is 16.8 Å². The molecule has 0 unspecified atom stereocenters. The quantitative estimate of drug-likeness (QED) is 0.352. The third-order valence-corrected chi connectivity index (χ3v) is 3.47. The minimum absolute atomic E-state index is 0.0868. The molecule has 0 aliphatic heterocycles. The average Bonchev–Trinajstić information content (AvgIpc) is 2.61. The maximum atomic E-state index is 12.5. The van der Waals surface area contributed by atoms with Crippen LogP contribution in [-0.4, -0.2) is 22.5 Å². The zero-order valence-electron chi connectivity index (χ0n) is 14.7. The Morgan fingerprint density at radius 1 is 1.04 bits per heavy atom. The van der Waals surface area contributed by atoms with Crippen molar-refractivity contribution in [1.29, 1.82) is 0 Å². The zero-order chi connectivity index (χ0) is 20.0. The number of rotatable bonds is 6. The van der Waals surface area contributed by atoms with Crippen LogP contribution in [0.15, 0.2) is 54.2 Å². The van der Waals surface area contributed by atoms with Crippen molar-refractivity contribution >= 4 is 35.0 Å². The lowest BCUT2D eigenvalue weighted by Crippen LogP contribution is -2.29. The van der Waals surface area contributed by atoms with Gasteiger partial charge in [-0.1, -0.05) is 24.3 Å². The number of benzene rings is 2. The number of ketones is 1. The van der Waals surface area contributed by atoms with Gasteiger partial charge in [0.25, 0.3) is 11.6 Å². The summed E-state index contributed by atoms with van der Waals surface area (Å²) in [6, 6.07) is 12.0. The van der Waals surface area contributed by atoms with Crippen molar-refractivity contribution in [2.24, 2.45) is 0 Å². The second-order valence-corrected chi connectivity index (χ2v) is 5.68. The monoisotopic (exact) mass is 367 g/mol. The van der Waals surface area contributed by atoms with Crippen LogP contribution in [0.4, 0.5) is 11.4 Å². The molecule has 2 N–H and O–H groups in total. The van der Waals surface area contributed by atoms with Gasteiger partial charge in [-0.25, -0.2) is 0 Å². The van der Waals surface area contributed by atoms with E-state index in [0.717, 1.165) is 0 Å². The topological polar surface area (TPSA) is 118 Å². The molecule has 8 nitrogen and oxygen atoms in total. The van der Waals surface area contributed by atoms with E-state index in [-0.39, 0.29) is 17.2 Å². The maximum absolute atomic E-state index is 12.5. The van der Waals surface area contributed by atoms with Gasteiger partial charge in [0.15, 0.2) is 5.78 Å². The number of amides is 2. The van der Waals surface area contributed by atoms with Gasteiger partial charge in [-0.2, -0.15) is 0 Å². The van der Waals surface area contributed by atoms with Gasteiger partial charge >= 0.3 is 0 Å². The van der Waals surface area contributed by atoms with Crippen molar-refractivity contribution in [1.82, 2.24) is 5.32 Å². The molecular weight excluding hydrogens is 350 g/mol. The van der Waals surface area contributed by atoms with E-state index in [2.05, 4.69) is 10.6 Å². The van der Waals surface area contributed by atoms with Gasteiger partial charge in [0.05, 0.1) is 4.92 Å². The smallest absolute Gasteiger partial charge is 0.272 e. The van der Waals surface area contributed by atoms with Crippen molar-refractivity contribution in [3.8, 4) is 0 Å². The van der Waals surface area contributed by atoms with E-state index in [4.69, 9.17) is 0 Å². The number of nitro groups is 1.